The van der Waals surface area contributed by atoms with Gasteiger partial charge < -0.3 is 19.1 Å². The number of para-hydroxylation sites is 1. The molecule has 1 aliphatic heterocycles. The Balaban J connectivity index is 1.35. The van der Waals surface area contributed by atoms with E-state index in [1.807, 2.05) is 41.3 Å². The third kappa shape index (κ3) is 5.78. The van der Waals surface area contributed by atoms with E-state index in [4.69, 9.17) is 25.8 Å². The number of methoxy groups -OCH3 is 1. The van der Waals surface area contributed by atoms with Gasteiger partial charge in [0.15, 0.2) is 6.61 Å². The highest BCUT2D eigenvalue weighted by atomic mass is 35.5. The highest BCUT2D eigenvalue weighted by molar-refractivity contribution is 6.32. The van der Waals surface area contributed by atoms with Crippen LogP contribution in [0.25, 0.3) is 0 Å². The monoisotopic (exact) mass is 404 g/mol. The molecular weight excluding hydrogens is 380 g/mol. The molecule has 1 fully saturated rings. The summed E-state index contributed by atoms with van der Waals surface area (Å²) in [6, 6.07) is 14.7. The van der Waals surface area contributed by atoms with Crippen molar-refractivity contribution in [1.82, 2.24) is 9.80 Å². The smallest absolute Gasteiger partial charge is 0.260 e. The van der Waals surface area contributed by atoms with Gasteiger partial charge >= 0.3 is 0 Å². The highest BCUT2D eigenvalue weighted by Gasteiger charge is 2.21. The lowest BCUT2D eigenvalue weighted by atomic mass is 10.3. The SMILES string of the molecule is COc1ccc(OCC(=O)N2CCN(CCOc3ccccc3Cl)CC2)cc1. The fraction of sp³-hybridized carbons (Fsp3) is 0.381. The Labute approximate surface area is 170 Å². The predicted molar refractivity (Wildman–Crippen MR) is 108 cm³/mol. The first-order chi connectivity index (χ1) is 13.7. The number of piperazine rings is 1. The molecule has 2 aromatic carbocycles. The second-order valence-corrected chi connectivity index (χ2v) is 6.87. The normalized spacial score (nSPS) is 14.6. The highest BCUT2D eigenvalue weighted by Crippen LogP contribution is 2.23. The zero-order valence-electron chi connectivity index (χ0n) is 16.0. The summed E-state index contributed by atoms with van der Waals surface area (Å²) in [7, 11) is 1.61. The molecule has 0 unspecified atom stereocenters. The Morgan fingerprint density at radius 1 is 0.964 bits per heavy atom. The molecule has 0 bridgehead atoms. The molecule has 1 aliphatic rings. The lowest BCUT2D eigenvalue weighted by molar-refractivity contribution is -0.135. The molecule has 0 N–H and O–H groups in total. The summed E-state index contributed by atoms with van der Waals surface area (Å²) in [6.45, 7) is 4.43. The number of halogens is 1. The molecule has 0 atom stereocenters. The van der Waals surface area contributed by atoms with Crippen molar-refractivity contribution < 1.29 is 19.0 Å². The van der Waals surface area contributed by atoms with Crippen molar-refractivity contribution >= 4 is 17.5 Å². The van der Waals surface area contributed by atoms with Crippen LogP contribution in [0.3, 0.4) is 0 Å². The molecule has 0 aromatic heterocycles. The average molecular weight is 405 g/mol. The lowest BCUT2D eigenvalue weighted by Crippen LogP contribution is -2.50. The minimum Gasteiger partial charge on any atom is -0.497 e. The van der Waals surface area contributed by atoms with Crippen LogP contribution in [0.4, 0.5) is 0 Å². The standard InChI is InChI=1S/C21H25ClN2O4/c1-26-17-6-8-18(9-7-17)28-16-21(25)24-12-10-23(11-13-24)14-15-27-20-5-3-2-4-19(20)22/h2-9H,10-16H2,1H3. The zero-order chi connectivity index (χ0) is 19.8. The Kier molecular flexibility index (Phi) is 7.39. The van der Waals surface area contributed by atoms with Gasteiger partial charge in [0, 0.05) is 32.7 Å². The summed E-state index contributed by atoms with van der Waals surface area (Å²) in [4.78, 5) is 16.5. The Morgan fingerprint density at radius 2 is 1.64 bits per heavy atom. The van der Waals surface area contributed by atoms with E-state index >= 15 is 0 Å². The molecule has 1 heterocycles. The molecule has 0 radical (unpaired) electrons. The van der Waals surface area contributed by atoms with Gasteiger partial charge in [0.1, 0.15) is 23.9 Å². The van der Waals surface area contributed by atoms with Gasteiger partial charge in [-0.1, -0.05) is 23.7 Å². The molecule has 6 nitrogen and oxygen atoms in total. The quantitative estimate of drug-likeness (QED) is 0.677. The molecule has 7 heteroatoms. The Morgan fingerprint density at radius 3 is 2.32 bits per heavy atom. The number of carbonyl (C=O) groups is 1. The summed E-state index contributed by atoms with van der Waals surface area (Å²) in [6.07, 6.45) is 0. The first kappa shape index (κ1) is 20.3. The number of nitrogens with zero attached hydrogens (tertiary/aromatic N) is 2. The van der Waals surface area contributed by atoms with Crippen molar-refractivity contribution in [2.75, 3.05) is 53.0 Å². The molecule has 150 valence electrons. The van der Waals surface area contributed by atoms with Crippen LogP contribution in [0, 0.1) is 0 Å². The van der Waals surface area contributed by atoms with Gasteiger partial charge in [-0.15, -0.1) is 0 Å². The van der Waals surface area contributed by atoms with Gasteiger partial charge in [-0.3, -0.25) is 9.69 Å². The molecule has 0 spiro atoms. The van der Waals surface area contributed by atoms with Gasteiger partial charge in [-0.05, 0) is 36.4 Å². The van der Waals surface area contributed by atoms with E-state index in [-0.39, 0.29) is 12.5 Å². The molecular formula is C21H25ClN2O4. The third-order valence-corrected chi connectivity index (χ3v) is 4.96. The summed E-state index contributed by atoms with van der Waals surface area (Å²) >= 11 is 6.09. The van der Waals surface area contributed by atoms with E-state index < -0.39 is 0 Å². The van der Waals surface area contributed by atoms with Crippen LogP contribution in [0.2, 0.25) is 5.02 Å². The second kappa shape index (κ2) is 10.2. The molecule has 28 heavy (non-hydrogen) atoms. The number of hydrogen-bond donors (Lipinski definition) is 0. The minimum atomic E-state index is 0.00258. The fourth-order valence-electron chi connectivity index (χ4n) is 2.98. The summed E-state index contributed by atoms with van der Waals surface area (Å²) in [5.41, 5.74) is 0. The average Bonchev–Trinajstić information content (AvgIpc) is 2.74. The third-order valence-electron chi connectivity index (χ3n) is 4.65. The van der Waals surface area contributed by atoms with Gasteiger partial charge in [0.2, 0.25) is 0 Å². The number of amides is 1. The van der Waals surface area contributed by atoms with E-state index in [9.17, 15) is 4.79 Å². The molecule has 0 saturated carbocycles. The second-order valence-electron chi connectivity index (χ2n) is 6.47. The Bertz CT molecular complexity index is 761. The maximum atomic E-state index is 12.4. The van der Waals surface area contributed by atoms with E-state index in [1.54, 1.807) is 19.2 Å². The van der Waals surface area contributed by atoms with Crippen LogP contribution in [-0.4, -0.2) is 68.8 Å². The Hall–Kier alpha value is -2.44. The van der Waals surface area contributed by atoms with Crippen LogP contribution >= 0.6 is 11.6 Å². The van der Waals surface area contributed by atoms with Crippen molar-refractivity contribution in [2.24, 2.45) is 0 Å². The summed E-state index contributed by atoms with van der Waals surface area (Å²) in [5, 5.41) is 0.620. The summed E-state index contributed by atoms with van der Waals surface area (Å²) < 4.78 is 16.4. The molecule has 2 aromatic rings. The van der Waals surface area contributed by atoms with Gasteiger partial charge in [0.25, 0.3) is 5.91 Å². The van der Waals surface area contributed by atoms with E-state index in [0.717, 1.165) is 25.4 Å². The minimum absolute atomic E-state index is 0.00258. The number of rotatable bonds is 8. The van der Waals surface area contributed by atoms with E-state index in [1.165, 1.54) is 0 Å². The van der Waals surface area contributed by atoms with Crippen LogP contribution in [0.1, 0.15) is 0 Å². The first-order valence-corrected chi connectivity index (χ1v) is 9.68. The molecule has 1 saturated heterocycles. The molecule has 3 rings (SSSR count). The van der Waals surface area contributed by atoms with Crippen LogP contribution in [-0.2, 0) is 4.79 Å². The van der Waals surface area contributed by atoms with Crippen molar-refractivity contribution in [3.05, 3.63) is 53.6 Å². The molecule has 0 aliphatic carbocycles. The van der Waals surface area contributed by atoms with E-state index in [2.05, 4.69) is 4.90 Å². The van der Waals surface area contributed by atoms with Gasteiger partial charge in [-0.25, -0.2) is 0 Å². The largest absolute Gasteiger partial charge is 0.497 e. The zero-order valence-corrected chi connectivity index (χ0v) is 16.7. The molecule has 1 amide bonds. The van der Waals surface area contributed by atoms with Crippen LogP contribution in [0.5, 0.6) is 17.2 Å². The maximum absolute atomic E-state index is 12.4. The lowest BCUT2D eigenvalue weighted by Gasteiger charge is -2.34. The van der Waals surface area contributed by atoms with E-state index in [0.29, 0.717) is 36.2 Å². The van der Waals surface area contributed by atoms with Gasteiger partial charge in [-0.2, -0.15) is 0 Å². The van der Waals surface area contributed by atoms with Gasteiger partial charge in [0.05, 0.1) is 12.1 Å². The van der Waals surface area contributed by atoms with Crippen molar-refractivity contribution in [3.8, 4) is 17.2 Å². The van der Waals surface area contributed by atoms with Crippen molar-refractivity contribution in [1.29, 1.82) is 0 Å². The predicted octanol–water partition coefficient (Wildman–Crippen LogP) is 2.95. The topological polar surface area (TPSA) is 51.2 Å². The number of carbonyl (C=O) groups excluding carboxylic acids is 1. The number of hydrogen-bond acceptors (Lipinski definition) is 5. The van der Waals surface area contributed by atoms with Crippen molar-refractivity contribution in [3.63, 3.8) is 0 Å². The first-order valence-electron chi connectivity index (χ1n) is 9.30. The summed E-state index contributed by atoms with van der Waals surface area (Å²) in [5.74, 6) is 2.12. The maximum Gasteiger partial charge on any atom is 0.260 e. The van der Waals surface area contributed by atoms with Crippen LogP contribution < -0.4 is 14.2 Å². The number of benzene rings is 2. The number of ether oxygens (including phenoxy) is 3. The van der Waals surface area contributed by atoms with Crippen molar-refractivity contribution in [2.45, 2.75) is 0 Å². The fourth-order valence-corrected chi connectivity index (χ4v) is 3.17. The van der Waals surface area contributed by atoms with Crippen LogP contribution in [0.15, 0.2) is 48.5 Å².